The highest BCUT2D eigenvalue weighted by atomic mass is 32.2. The number of ether oxygens (including phenoxy) is 2. The van der Waals surface area contributed by atoms with Gasteiger partial charge in [-0.25, -0.2) is 18.1 Å². The van der Waals surface area contributed by atoms with E-state index in [2.05, 4.69) is 15.3 Å². The number of aromatic nitrogens is 5. The first kappa shape index (κ1) is 27.2. The largest absolute Gasteiger partial charge is 0.481 e. The molecule has 0 bridgehead atoms. The molecule has 12 nitrogen and oxygen atoms in total. The number of sulfonamides is 1. The second-order valence-corrected chi connectivity index (χ2v) is 12.5. The molecule has 1 aromatic carbocycles. The summed E-state index contributed by atoms with van der Waals surface area (Å²) in [5, 5.41) is 18.4. The topological polar surface area (TPSA) is 150 Å². The fourth-order valence-corrected chi connectivity index (χ4v) is 7.05. The SMILES string of the molecule is CCn1nnc2c(C)c([C@H](CC(=O)O)c3ccc(C)c(CN4CC5(COC5)Oc5ncccc5S4(=O)=O)n3)ccc21. The highest BCUT2D eigenvalue weighted by Crippen LogP contribution is 2.37. The lowest BCUT2D eigenvalue weighted by molar-refractivity contribution is -0.166. The maximum absolute atomic E-state index is 13.8. The van der Waals surface area contributed by atoms with E-state index in [0.29, 0.717) is 23.4 Å². The van der Waals surface area contributed by atoms with Gasteiger partial charge in [0.15, 0.2) is 5.60 Å². The van der Waals surface area contributed by atoms with Gasteiger partial charge in [-0.3, -0.25) is 9.78 Å². The number of carboxylic acid groups (broad SMARTS) is 1. The number of nitrogens with zero attached hydrogens (tertiary/aromatic N) is 6. The molecule has 0 aliphatic carbocycles. The first-order chi connectivity index (χ1) is 19.6. The van der Waals surface area contributed by atoms with Crippen molar-refractivity contribution in [2.75, 3.05) is 19.8 Å². The maximum atomic E-state index is 13.8. The molecule has 1 saturated heterocycles. The number of aryl methyl sites for hydroxylation is 3. The van der Waals surface area contributed by atoms with Crippen molar-refractivity contribution in [1.29, 1.82) is 0 Å². The fraction of sp³-hybridized carbons (Fsp3) is 0.393. The van der Waals surface area contributed by atoms with Crippen molar-refractivity contribution in [3.63, 3.8) is 0 Å². The van der Waals surface area contributed by atoms with Crippen LogP contribution in [0.5, 0.6) is 5.88 Å². The van der Waals surface area contributed by atoms with E-state index >= 15 is 0 Å². The lowest BCUT2D eigenvalue weighted by Crippen LogP contribution is -2.60. The van der Waals surface area contributed by atoms with E-state index in [4.69, 9.17) is 14.5 Å². The lowest BCUT2D eigenvalue weighted by Gasteiger charge is -2.41. The Morgan fingerprint density at radius 1 is 1.17 bits per heavy atom. The quantitative estimate of drug-likeness (QED) is 0.347. The highest BCUT2D eigenvalue weighted by molar-refractivity contribution is 7.89. The van der Waals surface area contributed by atoms with Crippen LogP contribution in [0.3, 0.4) is 0 Å². The third-order valence-corrected chi connectivity index (χ3v) is 9.61. The molecule has 1 fully saturated rings. The zero-order valence-corrected chi connectivity index (χ0v) is 23.8. The Balaban J connectivity index is 1.40. The molecule has 0 unspecified atom stereocenters. The molecule has 0 saturated carbocycles. The summed E-state index contributed by atoms with van der Waals surface area (Å²) in [5.41, 5.74) is 4.21. The van der Waals surface area contributed by atoms with Gasteiger partial charge in [-0.1, -0.05) is 17.3 Å². The van der Waals surface area contributed by atoms with Crippen molar-refractivity contribution < 1.29 is 27.8 Å². The second-order valence-electron chi connectivity index (χ2n) is 10.6. The van der Waals surface area contributed by atoms with Crippen LogP contribution in [0, 0.1) is 13.8 Å². The summed E-state index contributed by atoms with van der Waals surface area (Å²) in [4.78, 5) is 21.1. The Morgan fingerprint density at radius 2 is 1.98 bits per heavy atom. The van der Waals surface area contributed by atoms with Crippen molar-refractivity contribution in [3.05, 3.63) is 70.7 Å². The Morgan fingerprint density at radius 3 is 2.68 bits per heavy atom. The summed E-state index contributed by atoms with van der Waals surface area (Å²) < 4.78 is 42.2. The van der Waals surface area contributed by atoms with E-state index in [-0.39, 0.29) is 43.5 Å². The number of carboxylic acids is 1. The Labute approximate surface area is 237 Å². The zero-order valence-electron chi connectivity index (χ0n) is 22.9. The van der Waals surface area contributed by atoms with Gasteiger partial charge >= 0.3 is 5.97 Å². The normalized spacial score (nSPS) is 18.3. The molecule has 1 atom stereocenters. The molecule has 0 amide bonds. The first-order valence-electron chi connectivity index (χ1n) is 13.3. The van der Waals surface area contributed by atoms with Crippen LogP contribution < -0.4 is 4.74 Å². The van der Waals surface area contributed by atoms with Crippen molar-refractivity contribution in [2.45, 2.75) is 56.7 Å². The number of rotatable bonds is 7. The number of benzene rings is 1. The van der Waals surface area contributed by atoms with Crippen LogP contribution in [0.1, 0.15) is 47.3 Å². The van der Waals surface area contributed by atoms with Crippen LogP contribution in [-0.4, -0.2) is 74.1 Å². The van der Waals surface area contributed by atoms with Crippen LogP contribution in [-0.2, 0) is 32.6 Å². The molecule has 6 rings (SSSR count). The van der Waals surface area contributed by atoms with E-state index in [1.165, 1.54) is 16.6 Å². The van der Waals surface area contributed by atoms with Crippen LogP contribution in [0.4, 0.5) is 0 Å². The minimum Gasteiger partial charge on any atom is -0.481 e. The molecule has 1 spiro atoms. The highest BCUT2D eigenvalue weighted by Gasteiger charge is 2.49. The summed E-state index contributed by atoms with van der Waals surface area (Å²) in [5.74, 6) is -1.49. The van der Waals surface area contributed by atoms with Crippen molar-refractivity contribution in [1.82, 2.24) is 29.3 Å². The summed E-state index contributed by atoms with van der Waals surface area (Å²) in [6.45, 7) is 6.94. The molecule has 41 heavy (non-hydrogen) atoms. The van der Waals surface area contributed by atoms with Gasteiger partial charge in [0, 0.05) is 24.4 Å². The summed E-state index contributed by atoms with van der Waals surface area (Å²) in [6.07, 6.45) is 1.30. The monoisotopic (exact) mass is 578 g/mol. The number of carbonyl (C=O) groups is 1. The molecule has 4 aromatic rings. The van der Waals surface area contributed by atoms with E-state index in [0.717, 1.165) is 22.2 Å². The second kappa shape index (κ2) is 10.2. The molecule has 5 heterocycles. The number of hydrogen-bond donors (Lipinski definition) is 1. The van der Waals surface area contributed by atoms with Gasteiger partial charge in [0.2, 0.25) is 15.9 Å². The summed E-state index contributed by atoms with van der Waals surface area (Å²) in [7, 11) is -3.98. The summed E-state index contributed by atoms with van der Waals surface area (Å²) in [6, 6.07) is 10.5. The first-order valence-corrected chi connectivity index (χ1v) is 14.8. The predicted octanol–water partition coefficient (Wildman–Crippen LogP) is 2.82. The average molecular weight is 579 g/mol. The molecule has 0 radical (unpaired) electrons. The van der Waals surface area contributed by atoms with Gasteiger partial charge in [-0.15, -0.1) is 5.10 Å². The van der Waals surface area contributed by atoms with Gasteiger partial charge in [-0.05, 0) is 61.7 Å². The summed E-state index contributed by atoms with van der Waals surface area (Å²) >= 11 is 0. The van der Waals surface area contributed by atoms with E-state index in [1.54, 1.807) is 16.8 Å². The molecular formula is C28H30N6O6S. The van der Waals surface area contributed by atoms with Gasteiger partial charge < -0.3 is 14.6 Å². The molecule has 1 N–H and O–H groups in total. The fourth-order valence-electron chi connectivity index (χ4n) is 5.50. The van der Waals surface area contributed by atoms with Crippen molar-refractivity contribution >= 4 is 27.0 Å². The van der Waals surface area contributed by atoms with Gasteiger partial charge in [-0.2, -0.15) is 4.31 Å². The average Bonchev–Trinajstić information content (AvgIpc) is 3.31. The minimum atomic E-state index is -3.98. The third kappa shape index (κ3) is 4.73. The molecule has 2 aliphatic heterocycles. The maximum Gasteiger partial charge on any atom is 0.304 e. The van der Waals surface area contributed by atoms with Gasteiger partial charge in [0.1, 0.15) is 10.4 Å². The predicted molar refractivity (Wildman–Crippen MR) is 147 cm³/mol. The standard InChI is InChI=1S/C28H30N6O6S/c1-4-34-23-10-8-19(18(3)26(23)31-32-34)20(12-25(35)36)21-9-7-17(2)22(30-21)13-33-14-28(15-39-16-28)40-27-24(41(33,37)38)6-5-11-29-27/h5-11,20H,4,12-16H2,1-3H3,(H,35,36)/t20-/m0/s1. The Kier molecular flexibility index (Phi) is 6.75. The van der Waals surface area contributed by atoms with Crippen LogP contribution in [0.15, 0.2) is 47.5 Å². The van der Waals surface area contributed by atoms with E-state index in [1.807, 2.05) is 39.0 Å². The minimum absolute atomic E-state index is 0.00890. The molecule has 3 aromatic heterocycles. The Hall–Kier alpha value is -3.94. The van der Waals surface area contributed by atoms with Gasteiger partial charge in [0.05, 0.1) is 43.9 Å². The van der Waals surface area contributed by atoms with Crippen molar-refractivity contribution in [3.8, 4) is 5.88 Å². The van der Waals surface area contributed by atoms with Crippen molar-refractivity contribution in [2.24, 2.45) is 0 Å². The molecule has 214 valence electrons. The van der Waals surface area contributed by atoms with Crippen LogP contribution >= 0.6 is 0 Å². The smallest absolute Gasteiger partial charge is 0.304 e. The van der Waals surface area contributed by atoms with Crippen LogP contribution in [0.2, 0.25) is 0 Å². The van der Waals surface area contributed by atoms with Crippen LogP contribution in [0.25, 0.3) is 11.0 Å². The number of aliphatic carboxylic acids is 1. The molecular weight excluding hydrogens is 548 g/mol. The molecule has 2 aliphatic rings. The Bertz CT molecular complexity index is 1770. The van der Waals surface area contributed by atoms with E-state index in [9.17, 15) is 18.3 Å². The third-order valence-electron chi connectivity index (χ3n) is 7.80. The number of fused-ring (bicyclic) bond motifs is 2. The van der Waals surface area contributed by atoms with E-state index < -0.39 is 27.5 Å². The molecule has 13 heteroatoms. The van der Waals surface area contributed by atoms with Gasteiger partial charge in [0.25, 0.3) is 0 Å². The lowest BCUT2D eigenvalue weighted by atomic mass is 9.88. The number of pyridine rings is 2. The number of hydrogen-bond acceptors (Lipinski definition) is 9. The zero-order chi connectivity index (χ0) is 28.9.